The molecule has 1 aliphatic rings. The Balaban J connectivity index is 1.59. The van der Waals surface area contributed by atoms with Crippen LogP contribution in [-0.2, 0) is 11.3 Å². The molecule has 1 heterocycles. The highest BCUT2D eigenvalue weighted by Gasteiger charge is 2.14. The molecular weight excluding hydrogens is 312 g/mol. The van der Waals surface area contributed by atoms with Gasteiger partial charge in [0, 0.05) is 21.8 Å². The van der Waals surface area contributed by atoms with Gasteiger partial charge in [-0.3, -0.25) is 4.79 Å². The Morgan fingerprint density at radius 3 is 2.57 bits per heavy atom. The van der Waals surface area contributed by atoms with Crippen molar-refractivity contribution in [3.05, 3.63) is 64.7 Å². The van der Waals surface area contributed by atoms with Crippen molar-refractivity contribution >= 4 is 23.2 Å². The zero-order valence-corrected chi connectivity index (χ0v) is 13.6. The number of nitrogens with one attached hydrogen (secondary N) is 2. The van der Waals surface area contributed by atoms with Crippen molar-refractivity contribution in [1.29, 1.82) is 0 Å². The molecule has 0 unspecified atom stereocenters. The first-order chi connectivity index (χ1) is 11.2. The summed E-state index contributed by atoms with van der Waals surface area (Å²) in [6.45, 7) is 4.76. The van der Waals surface area contributed by atoms with Crippen molar-refractivity contribution in [2.24, 2.45) is 0 Å². The molecule has 0 bridgehead atoms. The largest absolute Gasteiger partial charge is 0.370 e. The van der Waals surface area contributed by atoms with Crippen molar-refractivity contribution in [2.75, 3.05) is 31.6 Å². The van der Waals surface area contributed by atoms with Crippen LogP contribution in [0.2, 0.25) is 5.02 Å². The smallest absolute Gasteiger partial charge is 0.255 e. The van der Waals surface area contributed by atoms with Gasteiger partial charge in [0.1, 0.15) is 19.6 Å². The minimum atomic E-state index is -0.154. The number of morpholine rings is 1. The van der Waals surface area contributed by atoms with E-state index in [1.165, 1.54) is 10.5 Å². The molecule has 0 radical (unpaired) electrons. The van der Waals surface area contributed by atoms with Gasteiger partial charge in [-0.1, -0.05) is 29.8 Å². The molecule has 1 saturated heterocycles. The van der Waals surface area contributed by atoms with Crippen LogP contribution >= 0.6 is 11.6 Å². The maximum Gasteiger partial charge on any atom is 0.255 e. The summed E-state index contributed by atoms with van der Waals surface area (Å²) in [7, 11) is 0. The van der Waals surface area contributed by atoms with E-state index in [0.29, 0.717) is 10.6 Å². The van der Waals surface area contributed by atoms with E-state index in [0.717, 1.165) is 38.5 Å². The zero-order valence-electron chi connectivity index (χ0n) is 12.8. The summed E-state index contributed by atoms with van der Waals surface area (Å²) < 4.78 is 5.37. The number of amides is 1. The zero-order chi connectivity index (χ0) is 16.1. The Hall–Kier alpha value is -1.88. The topological polar surface area (TPSA) is 42.8 Å². The molecule has 4 nitrogen and oxygen atoms in total. The van der Waals surface area contributed by atoms with Gasteiger partial charge < -0.3 is 15.0 Å². The Bertz CT molecular complexity index is 667. The molecule has 0 aliphatic carbocycles. The van der Waals surface area contributed by atoms with Crippen LogP contribution in [0.15, 0.2) is 48.5 Å². The number of quaternary nitrogens is 1. The number of rotatable bonds is 4. The van der Waals surface area contributed by atoms with Crippen molar-refractivity contribution in [3.63, 3.8) is 0 Å². The summed E-state index contributed by atoms with van der Waals surface area (Å²) in [6.07, 6.45) is 0. The summed E-state index contributed by atoms with van der Waals surface area (Å²) in [6, 6.07) is 14.9. The van der Waals surface area contributed by atoms with E-state index in [1.807, 2.05) is 12.1 Å². The highest BCUT2D eigenvalue weighted by atomic mass is 35.5. The Kier molecular flexibility index (Phi) is 5.28. The van der Waals surface area contributed by atoms with Crippen LogP contribution in [-0.4, -0.2) is 32.2 Å². The molecule has 0 aromatic heterocycles. The van der Waals surface area contributed by atoms with Gasteiger partial charge >= 0.3 is 0 Å². The fraction of sp³-hybridized carbons (Fsp3) is 0.278. The van der Waals surface area contributed by atoms with Crippen molar-refractivity contribution in [3.8, 4) is 0 Å². The number of hydrogen-bond acceptors (Lipinski definition) is 2. The van der Waals surface area contributed by atoms with Gasteiger partial charge in [0.15, 0.2) is 0 Å². The SMILES string of the molecule is O=C(Nc1ccc(C[NH+]2CCOCC2)cc1)c1cccc(Cl)c1. The van der Waals surface area contributed by atoms with Crippen LogP contribution in [0.5, 0.6) is 0 Å². The number of hydrogen-bond donors (Lipinski definition) is 2. The third-order valence-electron chi connectivity index (χ3n) is 3.95. The number of carbonyl (C=O) groups is 1. The summed E-state index contributed by atoms with van der Waals surface area (Å²) in [5, 5.41) is 3.45. The number of anilines is 1. The first-order valence-electron chi connectivity index (χ1n) is 7.78. The second-order valence-electron chi connectivity index (χ2n) is 5.70. The van der Waals surface area contributed by atoms with E-state index in [1.54, 1.807) is 24.3 Å². The lowest BCUT2D eigenvalue weighted by atomic mass is 10.1. The van der Waals surface area contributed by atoms with Gasteiger partial charge in [-0.2, -0.15) is 0 Å². The van der Waals surface area contributed by atoms with E-state index in [2.05, 4.69) is 17.4 Å². The Morgan fingerprint density at radius 2 is 1.87 bits per heavy atom. The molecule has 1 aliphatic heterocycles. The predicted octanol–water partition coefficient (Wildman–Crippen LogP) is 2.01. The summed E-state index contributed by atoms with van der Waals surface area (Å²) in [5.74, 6) is -0.154. The molecule has 23 heavy (non-hydrogen) atoms. The quantitative estimate of drug-likeness (QED) is 0.900. The van der Waals surface area contributed by atoms with Crippen LogP contribution in [0.1, 0.15) is 15.9 Å². The third kappa shape index (κ3) is 4.55. The van der Waals surface area contributed by atoms with E-state index in [4.69, 9.17) is 16.3 Å². The number of benzene rings is 2. The molecule has 2 aromatic rings. The lowest BCUT2D eigenvalue weighted by molar-refractivity contribution is -0.921. The van der Waals surface area contributed by atoms with Gasteiger partial charge in [-0.05, 0) is 30.3 Å². The monoisotopic (exact) mass is 331 g/mol. The average molecular weight is 332 g/mol. The number of carbonyl (C=O) groups excluding carboxylic acids is 1. The fourth-order valence-corrected chi connectivity index (χ4v) is 2.85. The van der Waals surface area contributed by atoms with Crippen molar-refractivity contribution < 1.29 is 14.4 Å². The number of halogens is 1. The third-order valence-corrected chi connectivity index (χ3v) is 4.19. The lowest BCUT2D eigenvalue weighted by Gasteiger charge is -2.23. The van der Waals surface area contributed by atoms with Crippen LogP contribution in [0.4, 0.5) is 5.69 Å². The van der Waals surface area contributed by atoms with E-state index in [-0.39, 0.29) is 5.91 Å². The fourth-order valence-electron chi connectivity index (χ4n) is 2.66. The highest BCUT2D eigenvalue weighted by molar-refractivity contribution is 6.31. The molecule has 1 fully saturated rings. The average Bonchev–Trinajstić information content (AvgIpc) is 2.57. The maximum absolute atomic E-state index is 12.2. The van der Waals surface area contributed by atoms with Crippen LogP contribution in [0.25, 0.3) is 0 Å². The number of ether oxygens (including phenoxy) is 1. The minimum Gasteiger partial charge on any atom is -0.370 e. The van der Waals surface area contributed by atoms with Crippen LogP contribution in [0, 0.1) is 0 Å². The Morgan fingerprint density at radius 1 is 1.13 bits per heavy atom. The van der Waals surface area contributed by atoms with E-state index >= 15 is 0 Å². The van der Waals surface area contributed by atoms with Gasteiger partial charge in [-0.25, -0.2) is 0 Å². The van der Waals surface area contributed by atoms with Crippen molar-refractivity contribution in [1.82, 2.24) is 0 Å². The van der Waals surface area contributed by atoms with Crippen LogP contribution in [0.3, 0.4) is 0 Å². The summed E-state index contributed by atoms with van der Waals surface area (Å²) in [4.78, 5) is 13.7. The summed E-state index contributed by atoms with van der Waals surface area (Å²) >= 11 is 5.91. The Labute approximate surface area is 141 Å². The standard InChI is InChI=1S/C18H19ClN2O2/c19-16-3-1-2-15(12-16)18(22)20-17-6-4-14(5-7-17)13-21-8-10-23-11-9-21/h1-7,12H,8-11,13H2,(H,20,22)/p+1. The molecule has 1 amide bonds. The normalized spacial score (nSPS) is 15.3. The second-order valence-corrected chi connectivity index (χ2v) is 6.14. The molecule has 0 atom stereocenters. The lowest BCUT2D eigenvalue weighted by Crippen LogP contribution is -3.12. The van der Waals surface area contributed by atoms with Crippen molar-refractivity contribution in [2.45, 2.75) is 6.54 Å². The van der Waals surface area contributed by atoms with Gasteiger partial charge in [0.05, 0.1) is 13.2 Å². The molecular formula is C18H20ClN2O2+. The van der Waals surface area contributed by atoms with Gasteiger partial charge in [0.25, 0.3) is 5.91 Å². The summed E-state index contributed by atoms with van der Waals surface area (Å²) in [5.41, 5.74) is 2.61. The minimum absolute atomic E-state index is 0.154. The van der Waals surface area contributed by atoms with Gasteiger partial charge in [-0.15, -0.1) is 0 Å². The second kappa shape index (κ2) is 7.59. The molecule has 0 spiro atoms. The molecule has 120 valence electrons. The molecule has 2 aromatic carbocycles. The molecule has 2 N–H and O–H groups in total. The van der Waals surface area contributed by atoms with E-state index in [9.17, 15) is 4.79 Å². The molecule has 3 rings (SSSR count). The van der Waals surface area contributed by atoms with Crippen LogP contribution < -0.4 is 10.2 Å². The maximum atomic E-state index is 12.2. The van der Waals surface area contributed by atoms with E-state index < -0.39 is 0 Å². The molecule has 5 heteroatoms. The predicted molar refractivity (Wildman–Crippen MR) is 91.1 cm³/mol. The molecule has 0 saturated carbocycles. The van der Waals surface area contributed by atoms with Gasteiger partial charge in [0.2, 0.25) is 0 Å². The highest BCUT2D eigenvalue weighted by Crippen LogP contribution is 2.14. The first-order valence-corrected chi connectivity index (χ1v) is 8.16. The first kappa shape index (κ1) is 16.0.